The van der Waals surface area contributed by atoms with Crippen molar-refractivity contribution in [2.45, 2.75) is 69.9 Å². The third-order valence-corrected chi connectivity index (χ3v) is 8.99. The summed E-state index contributed by atoms with van der Waals surface area (Å²) in [5.41, 5.74) is 6.08. The number of aryl methyl sites for hydroxylation is 1. The monoisotopic (exact) mass is 549 g/mol. The molecule has 0 aliphatic carbocycles. The van der Waals surface area contributed by atoms with Gasteiger partial charge in [0, 0.05) is 25.6 Å². The molecule has 2 fully saturated rings. The van der Waals surface area contributed by atoms with E-state index in [0.29, 0.717) is 38.6 Å². The zero-order valence-electron chi connectivity index (χ0n) is 22.3. The maximum atomic E-state index is 13.4. The van der Waals surface area contributed by atoms with Gasteiger partial charge in [-0.05, 0) is 57.1 Å². The van der Waals surface area contributed by atoms with Crippen LogP contribution < -0.4 is 16.4 Å². The highest BCUT2D eigenvalue weighted by Gasteiger charge is 2.40. The number of carbonyl (C=O) groups excluding carboxylic acids is 4. The first-order chi connectivity index (χ1) is 17.9. The van der Waals surface area contributed by atoms with Crippen LogP contribution in [-0.2, 0) is 29.2 Å². The van der Waals surface area contributed by atoms with Crippen LogP contribution in [-0.4, -0.2) is 79.5 Å². The molecule has 4 N–H and O–H groups in total. The number of nitrogens with two attached hydrogens (primary N) is 1. The lowest BCUT2D eigenvalue weighted by molar-refractivity contribution is -0.143. The third-order valence-electron chi connectivity index (χ3n) is 7.08. The highest BCUT2D eigenvalue weighted by molar-refractivity contribution is 7.89. The second kappa shape index (κ2) is 12.7. The quantitative estimate of drug-likeness (QED) is 0.386. The van der Waals surface area contributed by atoms with E-state index in [9.17, 15) is 27.6 Å². The van der Waals surface area contributed by atoms with Gasteiger partial charge in [0.2, 0.25) is 33.7 Å². The fourth-order valence-electron chi connectivity index (χ4n) is 5.01. The summed E-state index contributed by atoms with van der Waals surface area (Å²) in [6.45, 7) is 6.29. The molecular formula is C26H39N5O6S. The maximum Gasteiger partial charge on any atom is 0.243 e. The third kappa shape index (κ3) is 7.31. The van der Waals surface area contributed by atoms with Crippen molar-refractivity contribution in [1.82, 2.24) is 19.8 Å². The Morgan fingerprint density at radius 3 is 2.24 bits per heavy atom. The molecule has 0 radical (unpaired) electrons. The Labute approximate surface area is 224 Å². The van der Waals surface area contributed by atoms with Gasteiger partial charge >= 0.3 is 0 Å². The van der Waals surface area contributed by atoms with Crippen molar-refractivity contribution < 1.29 is 27.6 Å². The van der Waals surface area contributed by atoms with Crippen LogP contribution in [0.4, 0.5) is 0 Å². The van der Waals surface area contributed by atoms with Crippen LogP contribution in [0, 0.1) is 18.8 Å². The minimum absolute atomic E-state index is 0.0994. The van der Waals surface area contributed by atoms with Crippen molar-refractivity contribution in [3.8, 4) is 0 Å². The Hall–Kier alpha value is -2.99. The average Bonchev–Trinajstić information content (AvgIpc) is 3.36. The number of primary amides is 1. The zero-order valence-corrected chi connectivity index (χ0v) is 23.1. The van der Waals surface area contributed by atoms with E-state index >= 15 is 0 Å². The van der Waals surface area contributed by atoms with Gasteiger partial charge in [-0.3, -0.25) is 19.2 Å². The normalized spacial score (nSPS) is 19.8. The van der Waals surface area contributed by atoms with Crippen molar-refractivity contribution in [3.63, 3.8) is 0 Å². The molecule has 1 aromatic rings. The van der Waals surface area contributed by atoms with E-state index in [4.69, 9.17) is 5.73 Å². The minimum atomic E-state index is -3.64. The zero-order chi connectivity index (χ0) is 28.0. The predicted octanol–water partition coefficient (Wildman–Crippen LogP) is 0.519. The molecule has 38 heavy (non-hydrogen) atoms. The lowest BCUT2D eigenvalue weighted by Crippen LogP contribution is -2.55. The van der Waals surface area contributed by atoms with Crippen LogP contribution in [0.5, 0.6) is 0 Å². The second-order valence-corrected chi connectivity index (χ2v) is 12.5. The SMILES string of the molecule is Cc1ccc(S(=O)(=O)N2CCC(C(=O)N3CCC[C@@H]3C(=O)N[C@H](CC(C)C)C(=O)NCC(N)=O)CC2)cc1. The molecule has 2 aliphatic rings. The van der Waals surface area contributed by atoms with Gasteiger partial charge in [0.05, 0.1) is 11.4 Å². The number of carbonyl (C=O) groups is 4. The molecule has 2 saturated heterocycles. The molecule has 0 unspecified atom stereocenters. The first-order valence-electron chi connectivity index (χ1n) is 13.1. The summed E-state index contributed by atoms with van der Waals surface area (Å²) in [6, 6.07) is 5.15. The van der Waals surface area contributed by atoms with E-state index in [1.54, 1.807) is 29.2 Å². The van der Waals surface area contributed by atoms with Crippen molar-refractivity contribution in [2.24, 2.45) is 17.6 Å². The number of amides is 4. The number of rotatable bonds is 10. The Balaban J connectivity index is 1.61. The minimum Gasteiger partial charge on any atom is -0.368 e. The summed E-state index contributed by atoms with van der Waals surface area (Å²) in [5, 5.41) is 5.20. The largest absolute Gasteiger partial charge is 0.368 e. The molecule has 210 valence electrons. The van der Waals surface area contributed by atoms with Gasteiger partial charge in [-0.25, -0.2) is 8.42 Å². The fraction of sp³-hybridized carbons (Fsp3) is 0.615. The molecule has 1 aromatic carbocycles. The molecule has 0 aromatic heterocycles. The smallest absolute Gasteiger partial charge is 0.243 e. The number of likely N-dealkylation sites (tertiary alicyclic amines) is 1. The summed E-state index contributed by atoms with van der Waals surface area (Å²) in [7, 11) is -3.64. The standard InChI is InChI=1S/C26H39N5O6S/c1-17(2)15-21(24(33)28-16-23(27)32)29-25(34)22-5-4-12-31(22)26(35)19-10-13-30(14-11-19)38(36,37)20-8-6-18(3)7-9-20/h6-9,17,19,21-22H,4-5,10-16H2,1-3H3,(H2,27,32)(H,28,33)(H,29,34)/t21-,22-/m1/s1. The molecule has 12 heteroatoms. The van der Waals surface area contributed by atoms with Crippen LogP contribution >= 0.6 is 0 Å². The summed E-state index contributed by atoms with van der Waals surface area (Å²) in [6.07, 6.45) is 2.26. The molecule has 3 rings (SSSR count). The van der Waals surface area contributed by atoms with Crippen molar-refractivity contribution in [1.29, 1.82) is 0 Å². The van der Waals surface area contributed by atoms with Crippen molar-refractivity contribution >= 4 is 33.7 Å². The van der Waals surface area contributed by atoms with Gasteiger partial charge in [-0.2, -0.15) is 4.31 Å². The van der Waals surface area contributed by atoms with E-state index in [1.165, 1.54) is 4.31 Å². The lowest BCUT2D eigenvalue weighted by Gasteiger charge is -2.34. The fourth-order valence-corrected chi connectivity index (χ4v) is 6.48. The van der Waals surface area contributed by atoms with Gasteiger partial charge in [-0.1, -0.05) is 31.5 Å². The van der Waals surface area contributed by atoms with Crippen LogP contribution in [0.15, 0.2) is 29.2 Å². The molecule has 2 heterocycles. The number of piperidine rings is 1. The Bertz CT molecular complexity index is 1130. The van der Waals surface area contributed by atoms with E-state index in [2.05, 4.69) is 10.6 Å². The van der Waals surface area contributed by atoms with Crippen molar-refractivity contribution in [3.05, 3.63) is 29.8 Å². The molecule has 11 nitrogen and oxygen atoms in total. The van der Waals surface area contributed by atoms with Gasteiger partial charge in [0.25, 0.3) is 0 Å². The topological polar surface area (TPSA) is 159 Å². The molecular weight excluding hydrogens is 510 g/mol. The average molecular weight is 550 g/mol. The van der Waals surface area contributed by atoms with Crippen molar-refractivity contribution in [2.75, 3.05) is 26.2 Å². The van der Waals surface area contributed by atoms with E-state index in [-0.39, 0.29) is 42.3 Å². The van der Waals surface area contributed by atoms with Gasteiger partial charge < -0.3 is 21.3 Å². The number of hydrogen-bond donors (Lipinski definition) is 3. The van der Waals surface area contributed by atoms with E-state index in [0.717, 1.165) is 5.56 Å². The summed E-state index contributed by atoms with van der Waals surface area (Å²) >= 11 is 0. The maximum absolute atomic E-state index is 13.4. The molecule has 2 atom stereocenters. The Kier molecular flexibility index (Phi) is 9.88. The molecule has 0 bridgehead atoms. The number of sulfonamides is 1. The Morgan fingerprint density at radius 1 is 1.03 bits per heavy atom. The second-order valence-electron chi connectivity index (χ2n) is 10.6. The molecule has 0 saturated carbocycles. The summed E-state index contributed by atoms with van der Waals surface area (Å²) in [4.78, 5) is 52.0. The number of nitrogens with zero attached hydrogens (tertiary/aromatic N) is 2. The molecule has 2 aliphatic heterocycles. The van der Waals surface area contributed by atoms with Gasteiger partial charge in [0.15, 0.2) is 0 Å². The highest BCUT2D eigenvalue weighted by Crippen LogP contribution is 2.28. The Morgan fingerprint density at radius 2 is 1.66 bits per heavy atom. The number of nitrogens with one attached hydrogen (secondary N) is 2. The van der Waals surface area contributed by atoms with E-state index in [1.807, 2.05) is 20.8 Å². The first-order valence-corrected chi connectivity index (χ1v) is 14.6. The van der Waals surface area contributed by atoms with Crippen LogP contribution in [0.25, 0.3) is 0 Å². The van der Waals surface area contributed by atoms with Crippen LogP contribution in [0.2, 0.25) is 0 Å². The summed E-state index contributed by atoms with van der Waals surface area (Å²) < 4.78 is 27.4. The molecule has 0 spiro atoms. The molecule has 4 amide bonds. The lowest BCUT2D eigenvalue weighted by atomic mass is 9.96. The van der Waals surface area contributed by atoms with Gasteiger partial charge in [0.1, 0.15) is 12.1 Å². The first kappa shape index (κ1) is 29.6. The number of benzene rings is 1. The predicted molar refractivity (Wildman–Crippen MR) is 141 cm³/mol. The van der Waals surface area contributed by atoms with Gasteiger partial charge in [-0.15, -0.1) is 0 Å². The highest BCUT2D eigenvalue weighted by atomic mass is 32.2. The van der Waals surface area contributed by atoms with Crippen LogP contribution in [0.3, 0.4) is 0 Å². The summed E-state index contributed by atoms with van der Waals surface area (Å²) in [5.74, 6) is -2.02. The van der Waals surface area contributed by atoms with Crippen LogP contribution in [0.1, 0.15) is 51.5 Å². The number of hydrogen-bond acceptors (Lipinski definition) is 6. The van der Waals surface area contributed by atoms with E-state index < -0.39 is 39.8 Å².